The van der Waals surface area contributed by atoms with E-state index >= 15 is 0 Å². The Bertz CT molecular complexity index is 646. The monoisotopic (exact) mass is 401 g/mol. The van der Waals surface area contributed by atoms with Gasteiger partial charge in [-0.15, -0.1) is 0 Å². The van der Waals surface area contributed by atoms with Crippen molar-refractivity contribution in [3.8, 4) is 0 Å². The van der Waals surface area contributed by atoms with Gasteiger partial charge in [0.2, 0.25) is 0 Å². The standard InChI is InChI=1S/C23H39N5O/c1-5-24-22(27-17-19-9-8-14-29-21(19)23(2,3)4)26-16-18-10-11-20(25-15-18)28-12-6-7-13-28/h10-11,15,19,21H,5-9,12-14,16-17H2,1-4H3,(H2,24,26,27). The third kappa shape index (κ3) is 6.33. The molecule has 162 valence electrons. The molecule has 2 aliphatic rings. The molecule has 2 unspecified atom stereocenters. The third-order valence-corrected chi connectivity index (χ3v) is 5.83. The van der Waals surface area contributed by atoms with Crippen molar-refractivity contribution in [2.24, 2.45) is 16.3 Å². The number of aromatic nitrogens is 1. The van der Waals surface area contributed by atoms with Crippen LogP contribution in [0.15, 0.2) is 23.3 Å². The molecule has 0 amide bonds. The Morgan fingerprint density at radius 1 is 1.21 bits per heavy atom. The van der Waals surface area contributed by atoms with Gasteiger partial charge in [0.1, 0.15) is 5.82 Å². The Kier molecular flexibility index (Phi) is 7.76. The summed E-state index contributed by atoms with van der Waals surface area (Å²) in [6, 6.07) is 4.28. The molecule has 1 aromatic heterocycles. The molecule has 6 nitrogen and oxygen atoms in total. The Hall–Kier alpha value is -1.82. The Morgan fingerprint density at radius 2 is 2.00 bits per heavy atom. The van der Waals surface area contributed by atoms with Crippen LogP contribution < -0.4 is 15.5 Å². The highest BCUT2D eigenvalue weighted by molar-refractivity contribution is 5.79. The number of hydrogen-bond donors (Lipinski definition) is 2. The van der Waals surface area contributed by atoms with Gasteiger partial charge in [-0.1, -0.05) is 26.8 Å². The first-order valence-electron chi connectivity index (χ1n) is 11.3. The van der Waals surface area contributed by atoms with Crippen LogP contribution in [0.2, 0.25) is 0 Å². The Balaban J connectivity index is 1.56. The van der Waals surface area contributed by atoms with Gasteiger partial charge in [0.25, 0.3) is 0 Å². The first-order chi connectivity index (χ1) is 14.0. The van der Waals surface area contributed by atoms with Crippen molar-refractivity contribution in [3.05, 3.63) is 23.9 Å². The zero-order valence-electron chi connectivity index (χ0n) is 18.7. The summed E-state index contributed by atoms with van der Waals surface area (Å²) in [7, 11) is 0. The number of nitrogens with zero attached hydrogens (tertiary/aromatic N) is 3. The second-order valence-electron chi connectivity index (χ2n) is 9.35. The summed E-state index contributed by atoms with van der Waals surface area (Å²) in [5.41, 5.74) is 1.30. The summed E-state index contributed by atoms with van der Waals surface area (Å²) < 4.78 is 6.12. The highest BCUT2D eigenvalue weighted by atomic mass is 16.5. The van der Waals surface area contributed by atoms with Crippen molar-refractivity contribution in [3.63, 3.8) is 0 Å². The van der Waals surface area contributed by atoms with E-state index < -0.39 is 0 Å². The Morgan fingerprint density at radius 3 is 2.66 bits per heavy atom. The number of guanidine groups is 1. The lowest BCUT2D eigenvalue weighted by Gasteiger charge is -2.40. The first-order valence-corrected chi connectivity index (χ1v) is 11.3. The number of ether oxygens (including phenoxy) is 1. The van der Waals surface area contributed by atoms with E-state index in [0.29, 0.717) is 12.5 Å². The van der Waals surface area contributed by atoms with Gasteiger partial charge < -0.3 is 20.3 Å². The minimum Gasteiger partial charge on any atom is -0.377 e. The van der Waals surface area contributed by atoms with E-state index in [1.807, 2.05) is 6.20 Å². The maximum atomic E-state index is 6.12. The van der Waals surface area contributed by atoms with Crippen molar-refractivity contribution >= 4 is 11.8 Å². The molecule has 0 aromatic carbocycles. The molecule has 2 aliphatic heterocycles. The van der Waals surface area contributed by atoms with E-state index in [1.54, 1.807) is 0 Å². The summed E-state index contributed by atoms with van der Waals surface area (Å²) >= 11 is 0. The second kappa shape index (κ2) is 10.3. The average Bonchev–Trinajstić information content (AvgIpc) is 3.25. The molecule has 0 saturated carbocycles. The van der Waals surface area contributed by atoms with Crippen molar-refractivity contribution in [2.45, 2.75) is 66.0 Å². The molecule has 2 saturated heterocycles. The smallest absolute Gasteiger partial charge is 0.191 e. The maximum Gasteiger partial charge on any atom is 0.191 e. The maximum absolute atomic E-state index is 6.12. The van der Waals surface area contributed by atoms with Crippen molar-refractivity contribution in [1.29, 1.82) is 0 Å². The molecule has 2 atom stereocenters. The molecular weight excluding hydrogens is 362 g/mol. The van der Waals surface area contributed by atoms with Crippen LogP contribution in [0.1, 0.15) is 58.9 Å². The number of aliphatic imine (C=N–C) groups is 1. The Labute approximate surface area is 176 Å². The summed E-state index contributed by atoms with van der Waals surface area (Å²) in [6.45, 7) is 14.4. The average molecular weight is 402 g/mol. The minimum atomic E-state index is 0.158. The number of anilines is 1. The number of nitrogens with one attached hydrogen (secondary N) is 2. The number of pyridine rings is 1. The van der Waals surface area contributed by atoms with Gasteiger partial charge in [-0.2, -0.15) is 0 Å². The fourth-order valence-corrected chi connectivity index (χ4v) is 4.39. The first kappa shape index (κ1) is 21.9. The van der Waals surface area contributed by atoms with E-state index in [0.717, 1.165) is 56.5 Å². The van der Waals surface area contributed by atoms with Crippen LogP contribution in [0, 0.1) is 11.3 Å². The molecule has 0 bridgehead atoms. The topological polar surface area (TPSA) is 61.8 Å². The minimum absolute atomic E-state index is 0.158. The van der Waals surface area contributed by atoms with E-state index in [1.165, 1.54) is 19.3 Å². The molecule has 2 fully saturated rings. The summed E-state index contributed by atoms with van der Waals surface area (Å²) in [5, 5.41) is 6.92. The van der Waals surface area contributed by atoms with Gasteiger partial charge >= 0.3 is 0 Å². The van der Waals surface area contributed by atoms with Crippen LogP contribution in [0.25, 0.3) is 0 Å². The van der Waals surface area contributed by atoms with E-state index in [2.05, 4.69) is 60.3 Å². The normalized spacial score (nSPS) is 23.3. The molecule has 0 spiro atoms. The molecule has 3 rings (SSSR count). The molecule has 2 N–H and O–H groups in total. The SMILES string of the molecule is CCNC(=NCc1ccc(N2CCCC2)nc1)NCC1CCCOC1C(C)(C)C. The lowest BCUT2D eigenvalue weighted by atomic mass is 9.78. The van der Waals surface area contributed by atoms with E-state index in [-0.39, 0.29) is 11.5 Å². The lowest BCUT2D eigenvalue weighted by Crippen LogP contribution is -2.47. The molecule has 1 aromatic rings. The van der Waals surface area contributed by atoms with Gasteiger partial charge in [-0.05, 0) is 49.7 Å². The molecular formula is C23H39N5O. The van der Waals surface area contributed by atoms with Gasteiger partial charge in [-0.3, -0.25) is 0 Å². The van der Waals surface area contributed by atoms with Gasteiger partial charge in [0.15, 0.2) is 5.96 Å². The van der Waals surface area contributed by atoms with Crippen LogP contribution in [-0.4, -0.2) is 49.8 Å². The van der Waals surface area contributed by atoms with Crippen LogP contribution >= 0.6 is 0 Å². The highest BCUT2D eigenvalue weighted by Crippen LogP contribution is 2.33. The van der Waals surface area contributed by atoms with Crippen molar-refractivity contribution in [2.75, 3.05) is 37.7 Å². The quantitative estimate of drug-likeness (QED) is 0.564. The molecule has 6 heteroatoms. The predicted molar refractivity (Wildman–Crippen MR) is 120 cm³/mol. The van der Waals surface area contributed by atoms with E-state index in [4.69, 9.17) is 9.73 Å². The molecule has 0 aliphatic carbocycles. The zero-order chi connectivity index (χ0) is 20.7. The van der Waals surface area contributed by atoms with E-state index in [9.17, 15) is 0 Å². The molecule has 29 heavy (non-hydrogen) atoms. The number of rotatable bonds is 6. The second-order valence-corrected chi connectivity index (χ2v) is 9.35. The van der Waals surface area contributed by atoms with Crippen LogP contribution in [0.4, 0.5) is 5.82 Å². The van der Waals surface area contributed by atoms with Crippen LogP contribution in [0.5, 0.6) is 0 Å². The lowest BCUT2D eigenvalue weighted by molar-refractivity contribution is -0.0835. The highest BCUT2D eigenvalue weighted by Gasteiger charge is 2.35. The van der Waals surface area contributed by atoms with Crippen molar-refractivity contribution < 1.29 is 4.74 Å². The van der Waals surface area contributed by atoms with Crippen molar-refractivity contribution in [1.82, 2.24) is 15.6 Å². The molecule has 0 radical (unpaired) electrons. The molecule has 3 heterocycles. The fraction of sp³-hybridized carbons (Fsp3) is 0.739. The zero-order valence-corrected chi connectivity index (χ0v) is 18.7. The summed E-state index contributed by atoms with van der Waals surface area (Å²) in [4.78, 5) is 11.8. The number of hydrogen-bond acceptors (Lipinski definition) is 4. The van der Waals surface area contributed by atoms with Crippen LogP contribution in [0.3, 0.4) is 0 Å². The van der Waals surface area contributed by atoms with Gasteiger partial charge in [0.05, 0.1) is 12.6 Å². The predicted octanol–water partition coefficient (Wildman–Crippen LogP) is 3.58. The van der Waals surface area contributed by atoms with Gasteiger partial charge in [-0.25, -0.2) is 9.98 Å². The summed E-state index contributed by atoms with van der Waals surface area (Å²) in [6.07, 6.45) is 7.14. The fourth-order valence-electron chi connectivity index (χ4n) is 4.39. The van der Waals surface area contributed by atoms with Gasteiger partial charge in [0, 0.05) is 44.9 Å². The largest absolute Gasteiger partial charge is 0.377 e. The third-order valence-electron chi connectivity index (χ3n) is 5.83. The summed E-state index contributed by atoms with van der Waals surface area (Å²) in [5.74, 6) is 2.47. The van der Waals surface area contributed by atoms with Crippen LogP contribution in [-0.2, 0) is 11.3 Å².